The number of benzene rings is 2. The lowest BCUT2D eigenvalue weighted by Gasteiger charge is -2.19. The summed E-state index contributed by atoms with van der Waals surface area (Å²) < 4.78 is 5.55. The van der Waals surface area contributed by atoms with Crippen LogP contribution in [0.1, 0.15) is 36.1 Å². The summed E-state index contributed by atoms with van der Waals surface area (Å²) in [6.45, 7) is 5.15. The van der Waals surface area contributed by atoms with Gasteiger partial charge in [0.1, 0.15) is 5.75 Å². The molecule has 0 amide bonds. The first-order valence-corrected chi connectivity index (χ1v) is 7.35. The van der Waals surface area contributed by atoms with Gasteiger partial charge in [0.2, 0.25) is 0 Å². The molecule has 0 spiro atoms. The quantitative estimate of drug-likeness (QED) is 0.881. The molecule has 0 aliphatic carbocycles. The van der Waals surface area contributed by atoms with Crippen LogP contribution >= 0.6 is 0 Å². The molecule has 0 aromatic heterocycles. The highest BCUT2D eigenvalue weighted by Gasteiger charge is 2.14. The number of hydrogen-bond donors (Lipinski definition) is 1. The van der Waals surface area contributed by atoms with Crippen molar-refractivity contribution in [3.05, 3.63) is 59.2 Å². The first-order valence-electron chi connectivity index (χ1n) is 7.35. The van der Waals surface area contributed by atoms with E-state index in [0.717, 1.165) is 25.2 Å². The van der Waals surface area contributed by atoms with Gasteiger partial charge in [-0.1, -0.05) is 36.8 Å². The van der Waals surface area contributed by atoms with Crippen molar-refractivity contribution in [1.82, 2.24) is 0 Å². The van der Waals surface area contributed by atoms with Crippen LogP contribution in [0.2, 0.25) is 0 Å². The molecular weight excluding hydrogens is 246 g/mol. The summed E-state index contributed by atoms with van der Waals surface area (Å²) in [5.41, 5.74) is 5.14. The molecule has 2 aromatic carbocycles. The predicted molar refractivity (Wildman–Crippen MR) is 83.5 cm³/mol. The van der Waals surface area contributed by atoms with E-state index in [9.17, 15) is 0 Å². The van der Waals surface area contributed by atoms with Gasteiger partial charge >= 0.3 is 0 Å². The third-order valence-corrected chi connectivity index (χ3v) is 3.92. The molecule has 1 atom stereocenters. The van der Waals surface area contributed by atoms with Crippen LogP contribution < -0.4 is 10.1 Å². The van der Waals surface area contributed by atoms with Crippen molar-refractivity contribution < 1.29 is 4.74 Å². The standard InChI is InChI=1S/C18H21NO/c1-3-17(14-6-4-13(2)5-7-14)19-16-8-9-18-15(12-16)10-11-20-18/h4-9,12,17,19H,3,10-11H2,1-2H3. The van der Waals surface area contributed by atoms with Crippen molar-refractivity contribution in [2.45, 2.75) is 32.7 Å². The van der Waals surface area contributed by atoms with Gasteiger partial charge in [-0.05, 0) is 42.7 Å². The summed E-state index contributed by atoms with van der Waals surface area (Å²) in [5.74, 6) is 1.04. The van der Waals surface area contributed by atoms with Crippen LogP contribution in [0.3, 0.4) is 0 Å². The van der Waals surface area contributed by atoms with Crippen molar-refractivity contribution in [3.63, 3.8) is 0 Å². The van der Waals surface area contributed by atoms with Gasteiger partial charge in [-0.2, -0.15) is 0 Å². The zero-order chi connectivity index (χ0) is 13.9. The maximum Gasteiger partial charge on any atom is 0.122 e. The van der Waals surface area contributed by atoms with E-state index in [1.165, 1.54) is 22.4 Å². The number of hydrogen-bond acceptors (Lipinski definition) is 2. The lowest BCUT2D eigenvalue weighted by molar-refractivity contribution is 0.357. The van der Waals surface area contributed by atoms with Crippen LogP contribution in [-0.4, -0.2) is 6.61 Å². The highest BCUT2D eigenvalue weighted by molar-refractivity contribution is 5.53. The van der Waals surface area contributed by atoms with Gasteiger partial charge in [0.25, 0.3) is 0 Å². The fraction of sp³-hybridized carbons (Fsp3) is 0.333. The fourth-order valence-electron chi connectivity index (χ4n) is 2.70. The number of rotatable bonds is 4. The SMILES string of the molecule is CCC(Nc1ccc2c(c1)CCO2)c1ccc(C)cc1. The molecule has 1 N–H and O–H groups in total. The summed E-state index contributed by atoms with van der Waals surface area (Å²) in [7, 11) is 0. The minimum atomic E-state index is 0.357. The lowest BCUT2D eigenvalue weighted by atomic mass is 10.0. The molecule has 104 valence electrons. The molecule has 0 saturated heterocycles. The number of ether oxygens (including phenoxy) is 1. The highest BCUT2D eigenvalue weighted by Crippen LogP contribution is 2.30. The number of aryl methyl sites for hydroxylation is 1. The number of nitrogens with one attached hydrogen (secondary N) is 1. The monoisotopic (exact) mass is 267 g/mol. The molecule has 1 aliphatic rings. The summed E-state index contributed by atoms with van der Waals surface area (Å²) in [5, 5.41) is 3.64. The van der Waals surface area contributed by atoms with Gasteiger partial charge in [0, 0.05) is 12.1 Å². The Labute approximate surface area is 120 Å². The molecule has 0 radical (unpaired) electrons. The van der Waals surface area contributed by atoms with E-state index >= 15 is 0 Å². The molecule has 0 saturated carbocycles. The summed E-state index contributed by atoms with van der Waals surface area (Å²) in [6, 6.07) is 15.6. The van der Waals surface area contributed by atoms with Gasteiger partial charge in [0.05, 0.1) is 12.6 Å². The van der Waals surface area contributed by atoms with Crippen molar-refractivity contribution in [2.24, 2.45) is 0 Å². The largest absolute Gasteiger partial charge is 0.493 e. The second-order valence-electron chi connectivity index (χ2n) is 5.44. The van der Waals surface area contributed by atoms with Crippen LogP contribution in [0.5, 0.6) is 5.75 Å². The van der Waals surface area contributed by atoms with E-state index < -0.39 is 0 Å². The summed E-state index contributed by atoms with van der Waals surface area (Å²) in [6.07, 6.45) is 2.09. The van der Waals surface area contributed by atoms with Gasteiger partial charge in [-0.3, -0.25) is 0 Å². The maximum absolute atomic E-state index is 5.55. The second kappa shape index (κ2) is 5.58. The number of anilines is 1. The van der Waals surface area contributed by atoms with Crippen molar-refractivity contribution in [1.29, 1.82) is 0 Å². The molecule has 20 heavy (non-hydrogen) atoms. The molecule has 2 heteroatoms. The first kappa shape index (κ1) is 13.0. The number of fused-ring (bicyclic) bond motifs is 1. The average Bonchev–Trinajstić information content (AvgIpc) is 2.93. The summed E-state index contributed by atoms with van der Waals surface area (Å²) >= 11 is 0. The van der Waals surface area contributed by atoms with Crippen LogP contribution in [0.25, 0.3) is 0 Å². The molecular formula is C18H21NO. The smallest absolute Gasteiger partial charge is 0.122 e. The van der Waals surface area contributed by atoms with Crippen molar-refractivity contribution in [2.75, 3.05) is 11.9 Å². The van der Waals surface area contributed by atoms with E-state index in [1.807, 2.05) is 0 Å². The molecule has 2 aromatic rings. The van der Waals surface area contributed by atoms with Crippen LogP contribution in [-0.2, 0) is 6.42 Å². The summed E-state index contributed by atoms with van der Waals surface area (Å²) in [4.78, 5) is 0. The van der Waals surface area contributed by atoms with E-state index in [1.54, 1.807) is 0 Å². The Balaban J connectivity index is 1.79. The highest BCUT2D eigenvalue weighted by atomic mass is 16.5. The molecule has 1 heterocycles. The Morgan fingerprint density at radius 3 is 2.70 bits per heavy atom. The zero-order valence-corrected chi connectivity index (χ0v) is 12.1. The van der Waals surface area contributed by atoms with Crippen LogP contribution in [0, 0.1) is 6.92 Å². The first-order chi connectivity index (χ1) is 9.76. The van der Waals surface area contributed by atoms with Crippen molar-refractivity contribution in [3.8, 4) is 5.75 Å². The lowest BCUT2D eigenvalue weighted by Crippen LogP contribution is -2.09. The zero-order valence-electron chi connectivity index (χ0n) is 12.1. The normalized spacial score (nSPS) is 14.5. The maximum atomic E-state index is 5.55. The Kier molecular flexibility index (Phi) is 3.64. The molecule has 2 nitrogen and oxygen atoms in total. The van der Waals surface area contributed by atoms with Crippen molar-refractivity contribution >= 4 is 5.69 Å². The predicted octanol–water partition coefficient (Wildman–Crippen LogP) is 4.49. The van der Waals surface area contributed by atoms with Gasteiger partial charge in [0.15, 0.2) is 0 Å². The minimum absolute atomic E-state index is 0.357. The van der Waals surface area contributed by atoms with Crippen LogP contribution in [0.4, 0.5) is 5.69 Å². The Morgan fingerprint density at radius 1 is 1.15 bits per heavy atom. The van der Waals surface area contributed by atoms with Gasteiger partial charge < -0.3 is 10.1 Å². The molecule has 3 rings (SSSR count). The third kappa shape index (κ3) is 2.64. The Bertz CT molecular complexity index is 589. The topological polar surface area (TPSA) is 21.3 Å². The second-order valence-corrected chi connectivity index (χ2v) is 5.44. The Morgan fingerprint density at radius 2 is 1.95 bits per heavy atom. The molecule has 1 aliphatic heterocycles. The van der Waals surface area contributed by atoms with E-state index in [4.69, 9.17) is 4.74 Å². The average molecular weight is 267 g/mol. The Hall–Kier alpha value is -1.96. The molecule has 0 fully saturated rings. The van der Waals surface area contributed by atoms with E-state index in [0.29, 0.717) is 6.04 Å². The van der Waals surface area contributed by atoms with Crippen LogP contribution in [0.15, 0.2) is 42.5 Å². The molecule has 1 unspecified atom stereocenters. The minimum Gasteiger partial charge on any atom is -0.493 e. The van der Waals surface area contributed by atoms with Gasteiger partial charge in [-0.25, -0.2) is 0 Å². The van der Waals surface area contributed by atoms with E-state index in [-0.39, 0.29) is 0 Å². The molecule has 0 bridgehead atoms. The van der Waals surface area contributed by atoms with Gasteiger partial charge in [-0.15, -0.1) is 0 Å². The third-order valence-electron chi connectivity index (χ3n) is 3.92. The van der Waals surface area contributed by atoms with E-state index in [2.05, 4.69) is 61.6 Å². The fourth-order valence-corrected chi connectivity index (χ4v) is 2.70.